The lowest BCUT2D eigenvalue weighted by molar-refractivity contribution is -0.137. The van der Waals surface area contributed by atoms with E-state index < -0.39 is 33.9 Å². The predicted molar refractivity (Wildman–Crippen MR) is 99.7 cm³/mol. The van der Waals surface area contributed by atoms with Gasteiger partial charge in [0.05, 0.1) is 23.4 Å². The Hall–Kier alpha value is -2.59. The molecule has 1 aliphatic heterocycles. The maximum atomic E-state index is 13.0. The molecule has 1 atom stereocenters. The lowest BCUT2D eigenvalue weighted by atomic mass is 10.1. The van der Waals surface area contributed by atoms with Gasteiger partial charge in [0, 0.05) is 0 Å². The standard InChI is InChI=1S/C19H19F3N2O4S/c1-11(2)10-28-18(25)13-5-3-12(4-6-13)17-23-15-9-14(19(20,21)22)7-8-16(15)29(26,27)24-17/h3-9,11,17,23-24H,10H2,1-2H3/t17-/m0/s1. The summed E-state index contributed by atoms with van der Waals surface area (Å²) in [5, 5.41) is 2.76. The second-order valence-electron chi connectivity index (χ2n) is 7.02. The van der Waals surface area contributed by atoms with Crippen molar-refractivity contribution in [1.82, 2.24) is 4.72 Å². The highest BCUT2D eigenvalue weighted by molar-refractivity contribution is 7.89. The van der Waals surface area contributed by atoms with Crippen molar-refractivity contribution in [2.24, 2.45) is 5.92 Å². The van der Waals surface area contributed by atoms with Gasteiger partial charge in [-0.1, -0.05) is 26.0 Å². The molecule has 10 heteroatoms. The Morgan fingerprint density at radius 3 is 2.38 bits per heavy atom. The molecule has 0 aliphatic carbocycles. The van der Waals surface area contributed by atoms with Gasteiger partial charge < -0.3 is 10.1 Å². The highest BCUT2D eigenvalue weighted by atomic mass is 32.2. The van der Waals surface area contributed by atoms with Crippen molar-refractivity contribution in [3.63, 3.8) is 0 Å². The number of halogens is 3. The highest BCUT2D eigenvalue weighted by Crippen LogP contribution is 2.37. The smallest absolute Gasteiger partial charge is 0.416 e. The summed E-state index contributed by atoms with van der Waals surface area (Å²) in [6, 6.07) is 8.34. The van der Waals surface area contributed by atoms with Gasteiger partial charge in [-0.15, -0.1) is 0 Å². The minimum atomic E-state index is -4.60. The first-order valence-electron chi connectivity index (χ1n) is 8.74. The molecule has 2 N–H and O–H groups in total. The van der Waals surface area contributed by atoms with Gasteiger partial charge in [-0.2, -0.15) is 17.9 Å². The zero-order valence-corrected chi connectivity index (χ0v) is 16.4. The van der Waals surface area contributed by atoms with Crippen molar-refractivity contribution >= 4 is 21.7 Å². The first kappa shape index (κ1) is 21.1. The number of hydrogen-bond donors (Lipinski definition) is 2. The maximum absolute atomic E-state index is 13.0. The molecule has 3 rings (SSSR count). The zero-order chi connectivity index (χ0) is 21.4. The first-order valence-corrected chi connectivity index (χ1v) is 10.2. The zero-order valence-electron chi connectivity index (χ0n) is 15.6. The number of alkyl halides is 3. The number of hydrogen-bond acceptors (Lipinski definition) is 5. The van der Waals surface area contributed by atoms with Crippen LogP contribution in [-0.4, -0.2) is 21.0 Å². The molecule has 1 heterocycles. The van der Waals surface area contributed by atoms with E-state index in [1.165, 1.54) is 24.3 Å². The van der Waals surface area contributed by atoms with E-state index in [9.17, 15) is 26.4 Å². The third-order valence-electron chi connectivity index (χ3n) is 4.20. The Morgan fingerprint density at radius 1 is 1.14 bits per heavy atom. The molecule has 0 unspecified atom stereocenters. The monoisotopic (exact) mass is 428 g/mol. The molecular weight excluding hydrogens is 409 g/mol. The molecule has 2 aromatic carbocycles. The van der Waals surface area contributed by atoms with E-state index in [0.29, 0.717) is 5.56 Å². The maximum Gasteiger partial charge on any atom is 0.416 e. The van der Waals surface area contributed by atoms with Gasteiger partial charge in [-0.3, -0.25) is 0 Å². The van der Waals surface area contributed by atoms with Crippen LogP contribution in [0.3, 0.4) is 0 Å². The molecule has 0 radical (unpaired) electrons. The Bertz CT molecular complexity index is 1020. The Morgan fingerprint density at radius 2 is 1.79 bits per heavy atom. The van der Waals surface area contributed by atoms with Crippen LogP contribution in [-0.2, 0) is 20.9 Å². The number of rotatable bonds is 4. The number of esters is 1. The second-order valence-corrected chi connectivity index (χ2v) is 8.70. The van der Waals surface area contributed by atoms with Crippen LogP contribution in [0.5, 0.6) is 0 Å². The molecule has 6 nitrogen and oxygen atoms in total. The summed E-state index contributed by atoms with van der Waals surface area (Å²) in [6.45, 7) is 4.07. The fourth-order valence-electron chi connectivity index (χ4n) is 2.75. The van der Waals surface area contributed by atoms with E-state index in [0.717, 1.165) is 18.2 Å². The largest absolute Gasteiger partial charge is 0.462 e. The Labute approximate surface area is 166 Å². The molecule has 0 amide bonds. The average molecular weight is 428 g/mol. The molecule has 0 saturated carbocycles. The van der Waals surface area contributed by atoms with Crippen LogP contribution >= 0.6 is 0 Å². The highest BCUT2D eigenvalue weighted by Gasteiger charge is 2.35. The predicted octanol–water partition coefficient (Wildman–Crippen LogP) is 3.92. The van der Waals surface area contributed by atoms with Gasteiger partial charge in [-0.25, -0.2) is 13.2 Å². The number of benzene rings is 2. The van der Waals surface area contributed by atoms with E-state index in [2.05, 4.69) is 10.0 Å². The van der Waals surface area contributed by atoms with Crippen LogP contribution in [0.25, 0.3) is 0 Å². The number of ether oxygens (including phenoxy) is 1. The van der Waals surface area contributed by atoms with Crippen molar-refractivity contribution in [1.29, 1.82) is 0 Å². The number of sulfonamides is 1. The summed E-state index contributed by atoms with van der Waals surface area (Å²) in [4.78, 5) is 11.7. The summed E-state index contributed by atoms with van der Waals surface area (Å²) >= 11 is 0. The van der Waals surface area contributed by atoms with E-state index in [4.69, 9.17) is 4.74 Å². The molecule has 0 fully saturated rings. The summed E-state index contributed by atoms with van der Waals surface area (Å²) < 4.78 is 71.3. The number of fused-ring (bicyclic) bond motifs is 1. The molecule has 0 spiro atoms. The third kappa shape index (κ3) is 4.70. The third-order valence-corrected chi connectivity index (χ3v) is 5.68. The van der Waals surface area contributed by atoms with Gasteiger partial charge in [0.1, 0.15) is 11.1 Å². The fraction of sp³-hybridized carbons (Fsp3) is 0.316. The van der Waals surface area contributed by atoms with Crippen molar-refractivity contribution in [2.75, 3.05) is 11.9 Å². The normalized spacial score (nSPS) is 18.1. The molecule has 2 aromatic rings. The summed E-state index contributed by atoms with van der Waals surface area (Å²) in [7, 11) is -4.02. The number of carbonyl (C=O) groups is 1. The quantitative estimate of drug-likeness (QED) is 0.721. The lowest BCUT2D eigenvalue weighted by Gasteiger charge is -2.29. The first-order chi connectivity index (χ1) is 13.5. The lowest BCUT2D eigenvalue weighted by Crippen LogP contribution is -2.38. The van der Waals surface area contributed by atoms with Crippen LogP contribution in [0.15, 0.2) is 47.4 Å². The van der Waals surface area contributed by atoms with E-state index >= 15 is 0 Å². The number of nitrogens with one attached hydrogen (secondary N) is 2. The summed E-state index contributed by atoms with van der Waals surface area (Å²) in [5.41, 5.74) is -0.392. The average Bonchev–Trinajstić information content (AvgIpc) is 2.64. The minimum absolute atomic E-state index is 0.149. The van der Waals surface area contributed by atoms with Gasteiger partial charge in [0.2, 0.25) is 10.0 Å². The number of carbonyl (C=O) groups excluding carboxylic acids is 1. The minimum Gasteiger partial charge on any atom is -0.462 e. The van der Waals surface area contributed by atoms with Crippen LogP contribution in [0.2, 0.25) is 0 Å². The van der Waals surface area contributed by atoms with Gasteiger partial charge in [-0.05, 0) is 41.8 Å². The fourth-order valence-corrected chi connectivity index (χ4v) is 4.03. The van der Waals surface area contributed by atoms with Crippen molar-refractivity contribution in [3.8, 4) is 0 Å². The van der Waals surface area contributed by atoms with E-state index in [1.807, 2.05) is 13.8 Å². The van der Waals surface area contributed by atoms with Gasteiger partial charge in [0.15, 0.2) is 0 Å². The molecule has 1 aliphatic rings. The molecule has 29 heavy (non-hydrogen) atoms. The Balaban J connectivity index is 1.85. The molecular formula is C19H19F3N2O4S. The van der Waals surface area contributed by atoms with Gasteiger partial charge in [0.25, 0.3) is 0 Å². The summed E-state index contributed by atoms with van der Waals surface area (Å²) in [5.74, 6) is -0.330. The van der Waals surface area contributed by atoms with Crippen LogP contribution in [0, 0.1) is 5.92 Å². The van der Waals surface area contributed by atoms with E-state index in [1.54, 1.807) is 0 Å². The van der Waals surface area contributed by atoms with Crippen LogP contribution in [0.1, 0.15) is 41.5 Å². The van der Waals surface area contributed by atoms with Crippen LogP contribution in [0.4, 0.5) is 18.9 Å². The molecule has 0 bridgehead atoms. The second kappa shape index (κ2) is 7.68. The number of anilines is 1. The topological polar surface area (TPSA) is 84.5 Å². The summed E-state index contributed by atoms with van der Waals surface area (Å²) in [6.07, 6.45) is -5.59. The van der Waals surface area contributed by atoms with E-state index in [-0.39, 0.29) is 28.7 Å². The molecule has 0 saturated heterocycles. The van der Waals surface area contributed by atoms with Crippen LogP contribution < -0.4 is 10.0 Å². The van der Waals surface area contributed by atoms with Gasteiger partial charge >= 0.3 is 12.1 Å². The van der Waals surface area contributed by atoms with Crippen molar-refractivity contribution in [2.45, 2.75) is 31.1 Å². The Kier molecular flexibility index (Phi) is 5.59. The van der Waals surface area contributed by atoms with Crippen molar-refractivity contribution < 1.29 is 31.1 Å². The molecule has 0 aromatic heterocycles. The SMILES string of the molecule is CC(C)COC(=O)c1ccc([C@H]2Nc3cc(C(F)(F)F)ccc3S(=O)(=O)N2)cc1. The van der Waals surface area contributed by atoms with Crippen molar-refractivity contribution in [3.05, 3.63) is 59.2 Å². The molecule has 156 valence electrons.